The molecule has 0 aliphatic rings. The van der Waals surface area contributed by atoms with E-state index < -0.39 is 0 Å². The summed E-state index contributed by atoms with van der Waals surface area (Å²) in [5, 5.41) is 8.23. The van der Waals surface area contributed by atoms with Gasteiger partial charge in [0, 0.05) is 5.56 Å². The lowest BCUT2D eigenvalue weighted by Gasteiger charge is -1.93. The fraction of sp³-hybridized carbons (Fsp3) is 0.417. The molecule has 0 aromatic heterocycles. The van der Waals surface area contributed by atoms with Crippen LogP contribution in [0.4, 0.5) is 4.39 Å². The Bertz CT molecular complexity index is 263. The molecule has 0 saturated carbocycles. The third-order valence-corrected chi connectivity index (χ3v) is 1.23. The van der Waals surface area contributed by atoms with Gasteiger partial charge >= 0.3 is 0 Å². The van der Waals surface area contributed by atoms with Gasteiger partial charge < -0.3 is 0 Å². The van der Waals surface area contributed by atoms with Crippen LogP contribution in [0.25, 0.3) is 0 Å². The normalized spacial score (nSPS) is 7.14. The zero-order valence-electron chi connectivity index (χ0n) is 9.34. The lowest BCUT2D eigenvalue weighted by molar-refractivity contribution is 0.615. The van der Waals surface area contributed by atoms with Crippen molar-refractivity contribution in [2.45, 2.75) is 34.1 Å². The van der Waals surface area contributed by atoms with Crippen LogP contribution in [0.15, 0.2) is 24.3 Å². The molecular weight excluding hydrogens is 177 g/mol. The third kappa shape index (κ3) is 6.19. The van der Waals surface area contributed by atoms with Crippen LogP contribution < -0.4 is 0 Å². The van der Waals surface area contributed by atoms with Crippen molar-refractivity contribution < 1.29 is 4.39 Å². The second kappa shape index (κ2) is 11.6. The molecule has 0 bridgehead atoms. The fourth-order valence-corrected chi connectivity index (χ4v) is 0.727. The first-order valence-corrected chi connectivity index (χ1v) is 4.95. The van der Waals surface area contributed by atoms with E-state index in [4.69, 9.17) is 5.26 Å². The van der Waals surface area contributed by atoms with Crippen LogP contribution in [0.5, 0.6) is 0 Å². The number of rotatable bonds is 1. The molecule has 0 spiro atoms. The van der Waals surface area contributed by atoms with Crippen LogP contribution >= 0.6 is 0 Å². The van der Waals surface area contributed by atoms with Gasteiger partial charge in [-0.05, 0) is 6.07 Å². The Morgan fingerprint density at radius 1 is 1.14 bits per heavy atom. The maximum atomic E-state index is 12.6. The number of halogens is 1. The van der Waals surface area contributed by atoms with Crippen molar-refractivity contribution in [2.24, 2.45) is 0 Å². The number of nitriles is 1. The smallest absolute Gasteiger partial charge is 0.127 e. The molecule has 0 fully saturated rings. The van der Waals surface area contributed by atoms with E-state index in [9.17, 15) is 4.39 Å². The van der Waals surface area contributed by atoms with Gasteiger partial charge in [0.2, 0.25) is 0 Å². The van der Waals surface area contributed by atoms with E-state index in [1.54, 1.807) is 18.2 Å². The zero-order chi connectivity index (χ0) is 11.4. The average molecular weight is 195 g/mol. The molecule has 0 amide bonds. The van der Waals surface area contributed by atoms with Crippen molar-refractivity contribution in [3.05, 3.63) is 35.6 Å². The SMILES string of the molecule is CC.CC.N#CCc1ccccc1F. The van der Waals surface area contributed by atoms with Gasteiger partial charge in [-0.3, -0.25) is 0 Å². The maximum absolute atomic E-state index is 12.6. The van der Waals surface area contributed by atoms with Crippen molar-refractivity contribution in [1.29, 1.82) is 5.26 Å². The Morgan fingerprint density at radius 2 is 1.64 bits per heavy atom. The molecule has 78 valence electrons. The molecule has 0 heterocycles. The minimum atomic E-state index is -0.302. The molecule has 1 nitrogen and oxygen atoms in total. The first-order chi connectivity index (χ1) is 6.84. The third-order valence-electron chi connectivity index (χ3n) is 1.23. The fourth-order valence-electron chi connectivity index (χ4n) is 0.727. The standard InChI is InChI=1S/C8H6FN.2C2H6/c9-8-4-2-1-3-7(8)5-6-10;2*1-2/h1-4H,5H2;2*1-2H3. The highest BCUT2D eigenvalue weighted by Gasteiger charge is 1.96. The molecule has 14 heavy (non-hydrogen) atoms. The van der Waals surface area contributed by atoms with Gasteiger partial charge in [0.1, 0.15) is 5.82 Å². The molecule has 0 aliphatic carbocycles. The quantitative estimate of drug-likeness (QED) is 0.665. The van der Waals surface area contributed by atoms with Gasteiger partial charge in [0.15, 0.2) is 0 Å². The zero-order valence-corrected chi connectivity index (χ0v) is 9.34. The van der Waals surface area contributed by atoms with E-state index in [0.29, 0.717) is 5.56 Å². The minimum absolute atomic E-state index is 0.146. The van der Waals surface area contributed by atoms with Crippen LogP contribution in [0.1, 0.15) is 33.3 Å². The summed E-state index contributed by atoms with van der Waals surface area (Å²) < 4.78 is 12.6. The molecule has 2 heteroatoms. The second-order valence-corrected chi connectivity index (χ2v) is 1.93. The molecule has 0 atom stereocenters. The number of hydrogen-bond donors (Lipinski definition) is 0. The van der Waals surface area contributed by atoms with Crippen molar-refractivity contribution >= 4 is 0 Å². The Labute approximate surface area is 86.2 Å². The maximum Gasteiger partial charge on any atom is 0.127 e. The summed E-state index contributed by atoms with van der Waals surface area (Å²) in [6, 6.07) is 8.17. The summed E-state index contributed by atoms with van der Waals surface area (Å²) in [5.41, 5.74) is 0.463. The van der Waals surface area contributed by atoms with Gasteiger partial charge in [0.05, 0.1) is 12.5 Å². The van der Waals surface area contributed by atoms with Gasteiger partial charge in [-0.1, -0.05) is 45.9 Å². The van der Waals surface area contributed by atoms with Gasteiger partial charge in [-0.25, -0.2) is 4.39 Å². The summed E-state index contributed by atoms with van der Waals surface area (Å²) in [5.74, 6) is -0.302. The van der Waals surface area contributed by atoms with Gasteiger partial charge in [0.25, 0.3) is 0 Å². The Hall–Kier alpha value is -1.36. The second-order valence-electron chi connectivity index (χ2n) is 1.93. The Kier molecular flexibility index (Phi) is 12.6. The highest BCUT2D eigenvalue weighted by atomic mass is 19.1. The first-order valence-electron chi connectivity index (χ1n) is 4.95. The molecular formula is C12H18FN. The highest BCUT2D eigenvalue weighted by Crippen LogP contribution is 2.05. The molecule has 0 unspecified atom stereocenters. The average Bonchev–Trinajstić information content (AvgIpc) is 2.28. The van der Waals surface area contributed by atoms with Crippen LogP contribution in [0.3, 0.4) is 0 Å². The summed E-state index contributed by atoms with van der Waals surface area (Å²) in [7, 11) is 0. The molecule has 0 radical (unpaired) electrons. The number of benzene rings is 1. The van der Waals surface area contributed by atoms with Crippen molar-refractivity contribution in [3.8, 4) is 6.07 Å². The topological polar surface area (TPSA) is 23.8 Å². The van der Waals surface area contributed by atoms with E-state index >= 15 is 0 Å². The lowest BCUT2D eigenvalue weighted by atomic mass is 10.2. The predicted molar refractivity (Wildman–Crippen MR) is 58.4 cm³/mol. The molecule has 0 aliphatic heterocycles. The van der Waals surface area contributed by atoms with Crippen molar-refractivity contribution in [2.75, 3.05) is 0 Å². The van der Waals surface area contributed by atoms with Crippen molar-refractivity contribution in [1.82, 2.24) is 0 Å². The highest BCUT2D eigenvalue weighted by molar-refractivity contribution is 5.20. The first kappa shape index (κ1) is 15.1. The monoisotopic (exact) mass is 195 g/mol. The predicted octanol–water partition coefficient (Wildman–Crippen LogP) is 3.94. The lowest BCUT2D eigenvalue weighted by Crippen LogP contribution is -1.85. The van der Waals surface area contributed by atoms with Gasteiger partial charge in [-0.2, -0.15) is 5.26 Å². The van der Waals surface area contributed by atoms with Crippen LogP contribution in [-0.2, 0) is 6.42 Å². The minimum Gasteiger partial charge on any atom is -0.207 e. The van der Waals surface area contributed by atoms with E-state index in [2.05, 4.69) is 0 Å². The molecule has 1 aromatic rings. The van der Waals surface area contributed by atoms with E-state index in [1.165, 1.54) is 6.07 Å². The summed E-state index contributed by atoms with van der Waals surface area (Å²) in [4.78, 5) is 0. The molecule has 1 aromatic carbocycles. The van der Waals surface area contributed by atoms with E-state index in [1.807, 2.05) is 33.8 Å². The Morgan fingerprint density at radius 3 is 2.07 bits per heavy atom. The number of hydrogen-bond acceptors (Lipinski definition) is 1. The molecule has 0 N–H and O–H groups in total. The van der Waals surface area contributed by atoms with Crippen molar-refractivity contribution in [3.63, 3.8) is 0 Å². The number of nitrogens with zero attached hydrogens (tertiary/aromatic N) is 1. The van der Waals surface area contributed by atoms with Crippen LogP contribution in [-0.4, -0.2) is 0 Å². The molecule has 0 saturated heterocycles. The van der Waals surface area contributed by atoms with Crippen LogP contribution in [0.2, 0.25) is 0 Å². The summed E-state index contributed by atoms with van der Waals surface area (Å²) in [6.45, 7) is 8.00. The summed E-state index contributed by atoms with van der Waals surface area (Å²) >= 11 is 0. The van der Waals surface area contributed by atoms with E-state index in [-0.39, 0.29) is 12.2 Å². The molecule has 1 rings (SSSR count). The largest absolute Gasteiger partial charge is 0.207 e. The van der Waals surface area contributed by atoms with E-state index in [0.717, 1.165) is 0 Å². The van der Waals surface area contributed by atoms with Crippen LogP contribution in [0, 0.1) is 17.1 Å². The summed E-state index contributed by atoms with van der Waals surface area (Å²) in [6.07, 6.45) is 0.146. The Balaban J connectivity index is 0. The van der Waals surface area contributed by atoms with Gasteiger partial charge in [-0.15, -0.1) is 0 Å².